The lowest BCUT2D eigenvalue weighted by Gasteiger charge is -2.57. The third-order valence-corrected chi connectivity index (χ3v) is 5.38. The summed E-state index contributed by atoms with van der Waals surface area (Å²) in [6.45, 7) is 0. The van der Waals surface area contributed by atoms with Crippen molar-refractivity contribution < 1.29 is 13.9 Å². The highest BCUT2D eigenvalue weighted by atomic mass is 19.1. The minimum atomic E-state index is -1.11. The van der Waals surface area contributed by atoms with Crippen LogP contribution in [0.5, 0.6) is 5.75 Å². The summed E-state index contributed by atoms with van der Waals surface area (Å²) in [5, 5.41) is 0. The first-order chi connectivity index (χ1) is 9.57. The van der Waals surface area contributed by atoms with Gasteiger partial charge < -0.3 is 4.74 Å². The smallest absolute Gasteiger partial charge is 0.317 e. The Balaban J connectivity index is 1.60. The molecule has 0 amide bonds. The Bertz CT molecular complexity index is 525. The first-order valence-corrected chi connectivity index (χ1v) is 7.53. The number of alkyl halides is 1. The summed E-state index contributed by atoms with van der Waals surface area (Å²) in [5.74, 6) is 1.12. The zero-order chi connectivity index (χ0) is 13.8. The zero-order valence-corrected chi connectivity index (χ0v) is 11.5. The van der Waals surface area contributed by atoms with Crippen molar-refractivity contribution in [2.24, 2.45) is 17.3 Å². The summed E-state index contributed by atoms with van der Waals surface area (Å²) < 4.78 is 20.4. The molecule has 2 nitrogen and oxygen atoms in total. The summed E-state index contributed by atoms with van der Waals surface area (Å²) in [6, 6.07) is 9.14. The first kappa shape index (κ1) is 12.4. The Labute approximate surface area is 118 Å². The van der Waals surface area contributed by atoms with Crippen molar-refractivity contribution in [1.29, 1.82) is 0 Å². The van der Waals surface area contributed by atoms with Crippen LogP contribution in [0.4, 0.5) is 4.39 Å². The predicted octanol–water partition coefficient (Wildman–Crippen LogP) is 3.90. The molecule has 106 valence electrons. The van der Waals surface area contributed by atoms with E-state index in [1.54, 1.807) is 12.1 Å². The minimum Gasteiger partial charge on any atom is -0.426 e. The third kappa shape index (κ3) is 1.87. The number of ether oxygens (including phenoxy) is 1. The molecule has 4 saturated carbocycles. The van der Waals surface area contributed by atoms with Gasteiger partial charge in [-0.15, -0.1) is 0 Å². The van der Waals surface area contributed by atoms with Crippen LogP contribution in [0.2, 0.25) is 0 Å². The summed E-state index contributed by atoms with van der Waals surface area (Å²) in [6.07, 6.45) is 4.43. The Morgan fingerprint density at radius 2 is 1.75 bits per heavy atom. The molecule has 4 aliphatic carbocycles. The van der Waals surface area contributed by atoms with E-state index in [-0.39, 0.29) is 5.97 Å². The molecule has 0 aromatic heterocycles. The molecule has 4 bridgehead atoms. The second-order valence-corrected chi connectivity index (χ2v) is 7.09. The molecule has 0 N–H and O–H groups in total. The van der Waals surface area contributed by atoms with Crippen LogP contribution in [0, 0.1) is 17.3 Å². The number of para-hydroxylation sites is 1. The molecule has 0 radical (unpaired) electrons. The van der Waals surface area contributed by atoms with Crippen molar-refractivity contribution in [2.75, 3.05) is 0 Å². The van der Waals surface area contributed by atoms with Crippen molar-refractivity contribution in [2.45, 2.75) is 44.2 Å². The summed E-state index contributed by atoms with van der Waals surface area (Å²) >= 11 is 0. The van der Waals surface area contributed by atoms with Gasteiger partial charge in [0.1, 0.15) is 11.4 Å². The van der Waals surface area contributed by atoms with Gasteiger partial charge in [-0.3, -0.25) is 4.79 Å². The molecular weight excluding hydrogens is 255 g/mol. The fraction of sp³-hybridized carbons (Fsp3) is 0.588. The van der Waals surface area contributed by atoms with Gasteiger partial charge in [-0.1, -0.05) is 18.2 Å². The van der Waals surface area contributed by atoms with Gasteiger partial charge in [-0.05, 0) is 62.5 Å². The number of carbonyl (C=O) groups excluding carboxylic acids is 1. The molecule has 4 aliphatic rings. The van der Waals surface area contributed by atoms with Crippen LogP contribution in [-0.2, 0) is 4.79 Å². The third-order valence-electron chi connectivity index (χ3n) is 5.38. The molecule has 20 heavy (non-hydrogen) atoms. The van der Waals surface area contributed by atoms with Crippen molar-refractivity contribution >= 4 is 5.97 Å². The van der Waals surface area contributed by atoms with Crippen molar-refractivity contribution in [1.82, 2.24) is 0 Å². The normalized spacial score (nSPS) is 41.6. The van der Waals surface area contributed by atoms with Gasteiger partial charge in [0, 0.05) is 0 Å². The summed E-state index contributed by atoms with van der Waals surface area (Å²) in [4.78, 5) is 12.6. The van der Waals surface area contributed by atoms with E-state index < -0.39 is 11.1 Å². The number of halogens is 1. The van der Waals surface area contributed by atoms with Gasteiger partial charge in [-0.2, -0.15) is 0 Å². The molecule has 2 atom stereocenters. The first-order valence-electron chi connectivity index (χ1n) is 7.53. The van der Waals surface area contributed by atoms with Crippen LogP contribution < -0.4 is 4.74 Å². The van der Waals surface area contributed by atoms with Crippen molar-refractivity contribution in [3.63, 3.8) is 0 Å². The van der Waals surface area contributed by atoms with E-state index in [1.165, 1.54) is 0 Å². The van der Waals surface area contributed by atoms with Crippen LogP contribution in [0.1, 0.15) is 38.5 Å². The maximum absolute atomic E-state index is 14.8. The zero-order valence-electron chi connectivity index (χ0n) is 11.5. The molecule has 0 heterocycles. The largest absolute Gasteiger partial charge is 0.426 e. The average molecular weight is 274 g/mol. The molecule has 1 aromatic carbocycles. The molecule has 2 unspecified atom stereocenters. The second kappa shape index (κ2) is 4.06. The molecule has 0 saturated heterocycles. The van der Waals surface area contributed by atoms with E-state index >= 15 is 0 Å². The van der Waals surface area contributed by atoms with Gasteiger partial charge in [0.15, 0.2) is 0 Å². The molecule has 0 spiro atoms. The van der Waals surface area contributed by atoms with Gasteiger partial charge in [0.2, 0.25) is 0 Å². The van der Waals surface area contributed by atoms with E-state index in [9.17, 15) is 9.18 Å². The van der Waals surface area contributed by atoms with E-state index in [0.717, 1.165) is 19.3 Å². The number of hydrogen-bond donors (Lipinski definition) is 0. The number of rotatable bonds is 2. The molecular formula is C17H19FO2. The molecule has 4 fully saturated rings. The number of hydrogen-bond acceptors (Lipinski definition) is 2. The standard InChI is InChI=1S/C17H19FO2/c18-17-9-12-6-13(10-17)8-16(7-12,11-17)15(19)20-14-4-2-1-3-5-14/h1-5,12-13H,6-11H2. The second-order valence-electron chi connectivity index (χ2n) is 7.09. The van der Waals surface area contributed by atoms with Gasteiger partial charge in [0.05, 0.1) is 5.41 Å². The van der Waals surface area contributed by atoms with E-state index in [2.05, 4.69) is 0 Å². The Morgan fingerprint density at radius 3 is 2.35 bits per heavy atom. The van der Waals surface area contributed by atoms with Crippen LogP contribution in [0.25, 0.3) is 0 Å². The van der Waals surface area contributed by atoms with Crippen LogP contribution in [-0.4, -0.2) is 11.6 Å². The number of benzene rings is 1. The monoisotopic (exact) mass is 274 g/mol. The number of esters is 1. The minimum absolute atomic E-state index is 0.208. The maximum atomic E-state index is 14.8. The van der Waals surface area contributed by atoms with Crippen molar-refractivity contribution in [3.8, 4) is 5.75 Å². The van der Waals surface area contributed by atoms with E-state index in [4.69, 9.17) is 4.74 Å². The van der Waals surface area contributed by atoms with Crippen LogP contribution in [0.15, 0.2) is 30.3 Å². The summed E-state index contributed by atoms with van der Waals surface area (Å²) in [5.41, 5.74) is -1.67. The fourth-order valence-electron chi connectivity index (χ4n) is 5.09. The highest BCUT2D eigenvalue weighted by Crippen LogP contribution is 2.63. The van der Waals surface area contributed by atoms with Crippen LogP contribution >= 0.6 is 0 Å². The van der Waals surface area contributed by atoms with Gasteiger partial charge in [-0.25, -0.2) is 4.39 Å². The maximum Gasteiger partial charge on any atom is 0.317 e. The lowest BCUT2D eigenvalue weighted by Crippen LogP contribution is -2.57. The molecule has 3 heteroatoms. The molecule has 5 rings (SSSR count). The molecule has 0 aliphatic heterocycles. The highest BCUT2D eigenvalue weighted by Gasteiger charge is 2.61. The van der Waals surface area contributed by atoms with Crippen LogP contribution in [0.3, 0.4) is 0 Å². The Morgan fingerprint density at radius 1 is 1.10 bits per heavy atom. The lowest BCUT2D eigenvalue weighted by atomic mass is 9.48. The Hall–Kier alpha value is -1.38. The Kier molecular flexibility index (Phi) is 2.51. The summed E-state index contributed by atoms with van der Waals surface area (Å²) in [7, 11) is 0. The highest BCUT2D eigenvalue weighted by molar-refractivity contribution is 5.80. The fourth-order valence-corrected chi connectivity index (χ4v) is 5.09. The van der Waals surface area contributed by atoms with Gasteiger partial charge in [0.25, 0.3) is 0 Å². The average Bonchev–Trinajstić information content (AvgIpc) is 2.37. The van der Waals surface area contributed by atoms with Gasteiger partial charge >= 0.3 is 5.97 Å². The topological polar surface area (TPSA) is 26.3 Å². The number of carbonyl (C=O) groups is 1. The molecule has 1 aromatic rings. The van der Waals surface area contributed by atoms with Crippen molar-refractivity contribution in [3.05, 3.63) is 30.3 Å². The predicted molar refractivity (Wildman–Crippen MR) is 73.0 cm³/mol. The SMILES string of the molecule is O=C(Oc1ccccc1)C12CC3CC(CC(F)(C3)C1)C2. The lowest BCUT2D eigenvalue weighted by molar-refractivity contribution is -0.174. The quantitative estimate of drug-likeness (QED) is 0.604. The van der Waals surface area contributed by atoms with E-state index in [0.29, 0.717) is 36.8 Å². The van der Waals surface area contributed by atoms with E-state index in [1.807, 2.05) is 18.2 Å².